The van der Waals surface area contributed by atoms with Crippen LogP contribution in [-0.4, -0.2) is 29.8 Å². The number of phenols is 1. The van der Waals surface area contributed by atoms with E-state index in [1.807, 2.05) is 42.5 Å². The maximum Gasteiger partial charge on any atom is 0.305 e. The quantitative estimate of drug-likeness (QED) is 0.141. The van der Waals surface area contributed by atoms with E-state index in [2.05, 4.69) is 35.4 Å². The molecule has 0 aliphatic heterocycles. The lowest BCUT2D eigenvalue weighted by molar-refractivity contribution is 0.0604. The smallest absolute Gasteiger partial charge is 0.305 e. The van der Waals surface area contributed by atoms with Gasteiger partial charge in [0.05, 0.1) is 10.8 Å². The molecular weight excluding hydrogens is 520 g/mol. The molecular formula is C30H37ClN2O4S. The van der Waals surface area contributed by atoms with E-state index in [-0.39, 0.29) is 29.1 Å². The molecule has 0 saturated carbocycles. The van der Waals surface area contributed by atoms with E-state index in [4.69, 9.17) is 9.47 Å². The Balaban J connectivity index is 0.00000400. The van der Waals surface area contributed by atoms with Gasteiger partial charge in [-0.15, -0.1) is 12.4 Å². The molecule has 0 aliphatic carbocycles. The van der Waals surface area contributed by atoms with Crippen LogP contribution in [0.4, 0.5) is 0 Å². The number of aromatic nitrogens is 1. The Bertz CT molecular complexity index is 1310. The second-order valence-corrected chi connectivity index (χ2v) is 10.2. The van der Waals surface area contributed by atoms with E-state index < -0.39 is 0 Å². The largest absolute Gasteiger partial charge is 0.506 e. The van der Waals surface area contributed by atoms with Crippen LogP contribution in [-0.2, 0) is 17.8 Å². The lowest BCUT2D eigenvalue weighted by Gasteiger charge is -2.18. The minimum absolute atomic E-state index is 0. The molecule has 1 unspecified atom stereocenters. The lowest BCUT2D eigenvalue weighted by atomic mass is 10.1. The summed E-state index contributed by atoms with van der Waals surface area (Å²) < 4.78 is 13.1. The number of ether oxygens (including phenoxy) is 2. The number of unbranched alkanes of at least 4 members (excludes halogenated alkanes) is 3. The van der Waals surface area contributed by atoms with Crippen LogP contribution < -0.4 is 14.9 Å². The first-order valence-electron chi connectivity index (χ1n) is 13.0. The Hall–Kier alpha value is -2.84. The Kier molecular flexibility index (Phi) is 12.2. The van der Waals surface area contributed by atoms with Gasteiger partial charge in [-0.25, -0.2) is 0 Å². The van der Waals surface area contributed by atoms with Gasteiger partial charge in [0.15, 0.2) is 0 Å². The summed E-state index contributed by atoms with van der Waals surface area (Å²) in [4.78, 5) is 14.2. The Morgan fingerprint density at radius 1 is 0.947 bits per heavy atom. The fourth-order valence-corrected chi connectivity index (χ4v) is 5.25. The highest BCUT2D eigenvalue weighted by molar-refractivity contribution is 7.16. The first-order valence-corrected chi connectivity index (χ1v) is 13.8. The van der Waals surface area contributed by atoms with Crippen molar-refractivity contribution in [2.75, 3.05) is 19.7 Å². The van der Waals surface area contributed by atoms with Gasteiger partial charge < -0.3 is 24.9 Å². The van der Waals surface area contributed by atoms with E-state index in [9.17, 15) is 9.90 Å². The molecule has 0 radical (unpaired) electrons. The van der Waals surface area contributed by atoms with Crippen molar-refractivity contribution in [2.24, 2.45) is 0 Å². The third-order valence-electron chi connectivity index (χ3n) is 6.42. The molecule has 4 aromatic rings. The summed E-state index contributed by atoms with van der Waals surface area (Å²) in [5, 5.41) is 13.4. The summed E-state index contributed by atoms with van der Waals surface area (Å²) >= 11 is 1.16. The molecule has 8 heteroatoms. The van der Waals surface area contributed by atoms with E-state index in [1.54, 1.807) is 6.07 Å². The zero-order valence-corrected chi connectivity index (χ0v) is 23.4. The molecule has 0 spiro atoms. The van der Waals surface area contributed by atoms with Crippen molar-refractivity contribution in [3.8, 4) is 11.5 Å². The van der Waals surface area contributed by atoms with E-state index >= 15 is 0 Å². The van der Waals surface area contributed by atoms with Crippen molar-refractivity contribution in [3.05, 3.63) is 93.1 Å². The number of H-pyrrole nitrogens is 1. The maximum absolute atomic E-state index is 11.6. The van der Waals surface area contributed by atoms with Gasteiger partial charge >= 0.3 is 4.87 Å². The molecule has 4 rings (SSSR count). The summed E-state index contributed by atoms with van der Waals surface area (Å²) in [6.07, 6.45) is 5.26. The van der Waals surface area contributed by atoms with Gasteiger partial charge in [-0.2, -0.15) is 0 Å². The molecule has 1 aromatic heterocycles. The molecule has 0 fully saturated rings. The minimum Gasteiger partial charge on any atom is -0.506 e. The first-order chi connectivity index (χ1) is 18.1. The second kappa shape index (κ2) is 15.5. The molecule has 204 valence electrons. The first kappa shape index (κ1) is 29.7. The molecule has 0 amide bonds. The number of rotatable bonds is 15. The number of thiazole rings is 1. The summed E-state index contributed by atoms with van der Waals surface area (Å²) in [5.74, 6) is 1.01. The van der Waals surface area contributed by atoms with Gasteiger partial charge in [0, 0.05) is 12.2 Å². The molecule has 0 saturated heterocycles. The number of hydrogen-bond acceptors (Lipinski definition) is 6. The third kappa shape index (κ3) is 8.60. The second-order valence-electron chi connectivity index (χ2n) is 9.20. The Labute approximate surface area is 234 Å². The molecule has 38 heavy (non-hydrogen) atoms. The Morgan fingerprint density at radius 3 is 2.55 bits per heavy atom. The number of benzene rings is 3. The standard InChI is InChI=1S/C30H36N2O4S.ClH/c1-22(25-13-7-8-14-27(25)36-21-23-11-5-4-6-12-23)35-20-10-3-2-9-18-31-19-17-24-15-16-26(33)28-29(24)37-30(34)32-28;/h4-8,11-16,22,31,33H,2-3,9-10,17-21H2,1H3,(H,32,34);1H. The number of para-hydroxylation sites is 1. The SMILES string of the molecule is CC(OCCCCCCNCCc1ccc(O)c2[nH]c(=O)sc12)c1ccccc1OCc1ccccc1.Cl. The zero-order chi connectivity index (χ0) is 25.9. The molecule has 3 aromatic carbocycles. The van der Waals surface area contributed by atoms with Crippen LogP contribution in [0.15, 0.2) is 71.5 Å². The van der Waals surface area contributed by atoms with Crippen molar-refractivity contribution < 1.29 is 14.6 Å². The normalized spacial score (nSPS) is 11.8. The molecule has 0 bridgehead atoms. The number of hydrogen-bond donors (Lipinski definition) is 3. The number of aromatic amines is 1. The maximum atomic E-state index is 11.6. The molecule has 1 heterocycles. The van der Waals surface area contributed by atoms with Crippen LogP contribution in [0.5, 0.6) is 11.5 Å². The topological polar surface area (TPSA) is 83.6 Å². The zero-order valence-electron chi connectivity index (χ0n) is 21.8. The highest BCUT2D eigenvalue weighted by atomic mass is 35.5. The summed E-state index contributed by atoms with van der Waals surface area (Å²) in [7, 11) is 0. The number of fused-ring (bicyclic) bond motifs is 1. The average Bonchev–Trinajstić information content (AvgIpc) is 3.33. The van der Waals surface area contributed by atoms with Crippen molar-refractivity contribution >= 4 is 34.0 Å². The minimum atomic E-state index is -0.135. The van der Waals surface area contributed by atoms with E-state index in [1.165, 1.54) is 0 Å². The predicted octanol–water partition coefficient (Wildman–Crippen LogP) is 6.77. The van der Waals surface area contributed by atoms with Gasteiger partial charge in [0.25, 0.3) is 0 Å². The fourth-order valence-electron chi connectivity index (χ4n) is 4.36. The van der Waals surface area contributed by atoms with Gasteiger partial charge in [-0.05, 0) is 62.5 Å². The van der Waals surface area contributed by atoms with Crippen LogP contribution in [0.2, 0.25) is 0 Å². The fraction of sp³-hybridized carbons (Fsp3) is 0.367. The summed E-state index contributed by atoms with van der Waals surface area (Å²) in [5.41, 5.74) is 3.87. The number of nitrogens with one attached hydrogen (secondary N) is 2. The molecule has 0 aliphatic rings. The van der Waals surface area contributed by atoms with Crippen LogP contribution in [0.1, 0.15) is 55.4 Å². The lowest BCUT2D eigenvalue weighted by Crippen LogP contribution is -2.18. The van der Waals surface area contributed by atoms with E-state index in [0.717, 1.165) is 90.3 Å². The molecule has 1 atom stereocenters. The Morgan fingerprint density at radius 2 is 1.71 bits per heavy atom. The van der Waals surface area contributed by atoms with Crippen LogP contribution >= 0.6 is 23.7 Å². The van der Waals surface area contributed by atoms with Crippen LogP contribution in [0.3, 0.4) is 0 Å². The highest BCUT2D eigenvalue weighted by Gasteiger charge is 2.12. The molecule has 6 nitrogen and oxygen atoms in total. The van der Waals surface area contributed by atoms with Crippen LogP contribution in [0, 0.1) is 0 Å². The van der Waals surface area contributed by atoms with Gasteiger partial charge in [0.1, 0.15) is 23.6 Å². The van der Waals surface area contributed by atoms with Gasteiger partial charge in [-0.1, -0.05) is 78.8 Å². The van der Waals surface area contributed by atoms with Crippen molar-refractivity contribution in [2.45, 2.75) is 51.7 Å². The predicted molar refractivity (Wildman–Crippen MR) is 158 cm³/mol. The summed E-state index contributed by atoms with van der Waals surface area (Å²) in [6, 6.07) is 21.9. The monoisotopic (exact) mass is 556 g/mol. The number of aromatic hydroxyl groups is 1. The number of phenolic OH excluding ortho intramolecular Hbond substituents is 1. The molecule has 3 N–H and O–H groups in total. The highest BCUT2D eigenvalue weighted by Crippen LogP contribution is 2.29. The van der Waals surface area contributed by atoms with Crippen molar-refractivity contribution in [3.63, 3.8) is 0 Å². The van der Waals surface area contributed by atoms with Gasteiger partial charge in [-0.3, -0.25) is 4.79 Å². The average molecular weight is 557 g/mol. The third-order valence-corrected chi connectivity index (χ3v) is 7.38. The van der Waals surface area contributed by atoms with E-state index in [0.29, 0.717) is 12.1 Å². The van der Waals surface area contributed by atoms with Gasteiger partial charge in [0.2, 0.25) is 0 Å². The summed E-state index contributed by atoms with van der Waals surface area (Å²) in [6.45, 7) is 5.18. The van der Waals surface area contributed by atoms with Crippen LogP contribution in [0.25, 0.3) is 10.2 Å². The number of halogens is 1. The van der Waals surface area contributed by atoms with Crippen molar-refractivity contribution in [1.82, 2.24) is 10.3 Å². The van der Waals surface area contributed by atoms with Crippen molar-refractivity contribution in [1.29, 1.82) is 0 Å².